The average Bonchev–Trinajstić information content (AvgIpc) is 2.88. The standard InChI is InChI=1S/C29H27F4N5O3/c1-28-11-19-14-37(15-20(12-28)38(19)28)16-26(39)36-24-10-17(6-9-25(24)41-29(31,32)33)27(40)35-18-7-8-23(34-13-18)21-4-2-3-5-22(21)30/h2-10,13,19-20H,11-12,14-16H2,1H3,(H,35,40)(H,36,39). The zero-order valence-electron chi connectivity index (χ0n) is 22.0. The lowest BCUT2D eigenvalue weighted by Crippen LogP contribution is -2.83. The molecule has 2 unspecified atom stereocenters. The molecule has 6 rings (SSSR count). The maximum atomic E-state index is 14.0. The van der Waals surface area contributed by atoms with Crippen LogP contribution in [0.1, 0.15) is 30.1 Å². The number of aromatic nitrogens is 1. The molecule has 12 heteroatoms. The van der Waals surface area contributed by atoms with E-state index in [0.29, 0.717) is 29.0 Å². The quantitative estimate of drug-likeness (QED) is 0.394. The summed E-state index contributed by atoms with van der Waals surface area (Å²) in [6.07, 6.45) is -1.50. The molecule has 3 saturated heterocycles. The molecule has 214 valence electrons. The number of carbonyl (C=O) groups excluding carboxylic acids is 2. The van der Waals surface area contributed by atoms with Gasteiger partial charge in [0.25, 0.3) is 5.91 Å². The SMILES string of the molecule is CC12CC3CN(CC(=O)Nc4cc(C(=O)Nc5ccc(-c6ccccc6F)nc5)ccc4OC(F)(F)F)CC(C1)N32. The van der Waals surface area contributed by atoms with Crippen LogP contribution in [0, 0.1) is 5.82 Å². The lowest BCUT2D eigenvalue weighted by Gasteiger charge is -2.73. The number of carbonyl (C=O) groups is 2. The van der Waals surface area contributed by atoms with Gasteiger partial charge in [-0.25, -0.2) is 4.39 Å². The van der Waals surface area contributed by atoms with E-state index in [-0.39, 0.29) is 23.3 Å². The molecule has 2 aromatic carbocycles. The molecule has 0 spiro atoms. The summed E-state index contributed by atoms with van der Waals surface area (Å²) in [6.45, 7) is 3.69. The molecular weight excluding hydrogens is 542 g/mol. The van der Waals surface area contributed by atoms with E-state index in [2.05, 4.69) is 32.2 Å². The van der Waals surface area contributed by atoms with Crippen LogP contribution in [0.25, 0.3) is 11.3 Å². The number of hydrogen-bond donors (Lipinski definition) is 2. The Kier molecular flexibility index (Phi) is 6.69. The minimum absolute atomic E-state index is 0.00941. The van der Waals surface area contributed by atoms with Crippen LogP contribution in [0.15, 0.2) is 60.8 Å². The Balaban J connectivity index is 1.14. The molecule has 0 aliphatic carbocycles. The first-order chi connectivity index (χ1) is 19.5. The molecular formula is C29H27F4N5O3. The molecule has 2 amide bonds. The summed E-state index contributed by atoms with van der Waals surface area (Å²) >= 11 is 0. The van der Waals surface area contributed by atoms with Crippen LogP contribution in [0.5, 0.6) is 5.75 Å². The van der Waals surface area contributed by atoms with Gasteiger partial charge in [-0.15, -0.1) is 13.2 Å². The van der Waals surface area contributed by atoms with E-state index in [0.717, 1.165) is 44.1 Å². The number of piperidine rings is 1. The van der Waals surface area contributed by atoms with Crippen molar-refractivity contribution in [1.29, 1.82) is 0 Å². The predicted octanol–water partition coefficient (Wildman–Crippen LogP) is 4.90. The summed E-state index contributed by atoms with van der Waals surface area (Å²) in [5.74, 6) is -2.22. The van der Waals surface area contributed by atoms with E-state index in [9.17, 15) is 27.2 Å². The van der Waals surface area contributed by atoms with Gasteiger partial charge in [-0.05, 0) is 62.2 Å². The highest BCUT2D eigenvalue weighted by Gasteiger charge is 2.62. The van der Waals surface area contributed by atoms with Crippen LogP contribution in [-0.2, 0) is 4.79 Å². The van der Waals surface area contributed by atoms with Gasteiger partial charge in [0.05, 0.1) is 29.8 Å². The van der Waals surface area contributed by atoms with E-state index >= 15 is 0 Å². The Bertz CT molecular complexity index is 1480. The van der Waals surface area contributed by atoms with E-state index < -0.39 is 29.7 Å². The molecule has 3 fully saturated rings. The average molecular weight is 570 g/mol. The lowest BCUT2D eigenvalue weighted by molar-refractivity contribution is -0.274. The van der Waals surface area contributed by atoms with Gasteiger partial charge >= 0.3 is 6.36 Å². The number of amides is 2. The summed E-state index contributed by atoms with van der Waals surface area (Å²) < 4.78 is 57.4. The highest BCUT2D eigenvalue weighted by Crippen LogP contribution is 2.53. The van der Waals surface area contributed by atoms with Crippen LogP contribution < -0.4 is 15.4 Å². The first kappa shape index (κ1) is 27.2. The minimum Gasteiger partial charge on any atom is -0.404 e. The van der Waals surface area contributed by atoms with Crippen LogP contribution in [0.2, 0.25) is 0 Å². The maximum Gasteiger partial charge on any atom is 0.573 e. The number of likely N-dealkylation sites (tertiary alicyclic amines) is 1. The Hall–Kier alpha value is -4.03. The number of piperazine rings is 1. The van der Waals surface area contributed by atoms with Gasteiger partial charge < -0.3 is 15.4 Å². The molecule has 8 nitrogen and oxygen atoms in total. The number of nitrogens with zero attached hydrogens (tertiary/aromatic N) is 3. The van der Waals surface area contributed by atoms with E-state index in [1.54, 1.807) is 18.2 Å². The second-order valence-electron chi connectivity index (χ2n) is 11.0. The number of ether oxygens (including phenoxy) is 1. The monoisotopic (exact) mass is 569 g/mol. The third-order valence-electron chi connectivity index (χ3n) is 7.98. The van der Waals surface area contributed by atoms with Crippen molar-refractivity contribution >= 4 is 23.2 Å². The van der Waals surface area contributed by atoms with Crippen molar-refractivity contribution in [2.75, 3.05) is 30.3 Å². The fourth-order valence-corrected chi connectivity index (χ4v) is 6.44. The minimum atomic E-state index is -4.99. The summed E-state index contributed by atoms with van der Waals surface area (Å²) in [5, 5.41) is 5.11. The largest absolute Gasteiger partial charge is 0.573 e. The smallest absolute Gasteiger partial charge is 0.404 e. The van der Waals surface area contributed by atoms with Gasteiger partial charge in [0.1, 0.15) is 5.82 Å². The number of alkyl halides is 3. The van der Waals surface area contributed by atoms with Crippen molar-refractivity contribution in [3.05, 3.63) is 72.2 Å². The summed E-state index contributed by atoms with van der Waals surface area (Å²) in [6, 6.07) is 13.3. The Morgan fingerprint density at radius 1 is 1.05 bits per heavy atom. The number of rotatable bonds is 7. The van der Waals surface area contributed by atoms with Gasteiger partial charge in [0.2, 0.25) is 5.91 Å². The Labute approximate surface area is 233 Å². The zero-order valence-corrected chi connectivity index (χ0v) is 22.0. The molecule has 3 aromatic rings. The fraction of sp³-hybridized carbons (Fsp3) is 0.345. The molecule has 3 aliphatic rings. The highest BCUT2D eigenvalue weighted by molar-refractivity contribution is 6.06. The zero-order chi connectivity index (χ0) is 28.9. The van der Waals surface area contributed by atoms with Gasteiger partial charge in [-0.1, -0.05) is 12.1 Å². The van der Waals surface area contributed by atoms with Crippen molar-refractivity contribution in [1.82, 2.24) is 14.8 Å². The molecule has 0 bridgehead atoms. The van der Waals surface area contributed by atoms with Crippen LogP contribution in [0.4, 0.5) is 28.9 Å². The summed E-state index contributed by atoms with van der Waals surface area (Å²) in [5.41, 5.74) is 0.957. The predicted molar refractivity (Wildman–Crippen MR) is 143 cm³/mol. The third-order valence-corrected chi connectivity index (χ3v) is 7.98. The second-order valence-corrected chi connectivity index (χ2v) is 11.0. The van der Waals surface area contributed by atoms with E-state index in [1.807, 2.05) is 4.90 Å². The normalized spacial score (nSPS) is 23.5. The molecule has 2 atom stereocenters. The maximum absolute atomic E-state index is 14.0. The third kappa shape index (κ3) is 5.49. The number of hydrogen-bond acceptors (Lipinski definition) is 6. The van der Waals surface area contributed by atoms with E-state index in [1.165, 1.54) is 24.4 Å². The van der Waals surface area contributed by atoms with Crippen molar-refractivity contribution in [3.63, 3.8) is 0 Å². The van der Waals surface area contributed by atoms with Gasteiger partial charge in [0.15, 0.2) is 5.75 Å². The highest BCUT2D eigenvalue weighted by atomic mass is 19.4. The van der Waals surface area contributed by atoms with Gasteiger partial charge in [0, 0.05) is 41.8 Å². The second kappa shape index (κ2) is 10.1. The number of nitrogens with one attached hydrogen (secondary N) is 2. The van der Waals surface area contributed by atoms with E-state index in [4.69, 9.17) is 0 Å². The van der Waals surface area contributed by atoms with Crippen LogP contribution >= 0.6 is 0 Å². The van der Waals surface area contributed by atoms with Crippen molar-refractivity contribution in [2.45, 2.75) is 43.8 Å². The first-order valence-electron chi connectivity index (χ1n) is 13.2. The lowest BCUT2D eigenvalue weighted by atomic mass is 9.64. The van der Waals surface area contributed by atoms with Crippen LogP contribution in [-0.4, -0.2) is 70.2 Å². The summed E-state index contributed by atoms with van der Waals surface area (Å²) in [7, 11) is 0. The van der Waals surface area contributed by atoms with Crippen LogP contribution in [0.3, 0.4) is 0 Å². The van der Waals surface area contributed by atoms with Crippen molar-refractivity contribution in [2.24, 2.45) is 0 Å². The van der Waals surface area contributed by atoms with Gasteiger partial charge in [-0.2, -0.15) is 0 Å². The summed E-state index contributed by atoms with van der Waals surface area (Å²) in [4.78, 5) is 34.5. The van der Waals surface area contributed by atoms with Crippen molar-refractivity contribution < 1.29 is 31.9 Å². The molecule has 0 radical (unpaired) electrons. The molecule has 0 saturated carbocycles. The Morgan fingerprint density at radius 2 is 1.78 bits per heavy atom. The molecule has 41 heavy (non-hydrogen) atoms. The number of pyridine rings is 1. The first-order valence-corrected chi connectivity index (χ1v) is 13.2. The van der Waals surface area contributed by atoms with Gasteiger partial charge in [-0.3, -0.25) is 24.4 Å². The number of halogens is 4. The Morgan fingerprint density at radius 3 is 2.41 bits per heavy atom. The molecule has 2 N–H and O–H groups in total. The molecule has 3 aliphatic heterocycles. The molecule has 4 heterocycles. The number of benzene rings is 2. The number of anilines is 2. The topological polar surface area (TPSA) is 86.8 Å². The molecule has 1 aromatic heterocycles. The van der Waals surface area contributed by atoms with Crippen molar-refractivity contribution in [3.8, 4) is 17.0 Å². The fourth-order valence-electron chi connectivity index (χ4n) is 6.44.